The van der Waals surface area contributed by atoms with Gasteiger partial charge in [0.25, 0.3) is 5.56 Å². The average Bonchev–Trinajstić information content (AvgIpc) is 2.93. The van der Waals surface area contributed by atoms with E-state index in [2.05, 4.69) is 10.1 Å². The smallest absolute Gasteiger partial charge is 0.280 e. The molecule has 2 aromatic carbocycles. The Hall–Kier alpha value is -3.22. The van der Waals surface area contributed by atoms with E-state index < -0.39 is 11.6 Å². The van der Waals surface area contributed by atoms with Crippen LogP contribution in [0.1, 0.15) is 0 Å². The van der Waals surface area contributed by atoms with Crippen molar-refractivity contribution in [2.75, 3.05) is 7.11 Å². The fourth-order valence-corrected chi connectivity index (χ4v) is 2.67. The number of aromatic amines is 1. The van der Waals surface area contributed by atoms with Crippen LogP contribution in [0.4, 0.5) is 8.78 Å². The highest BCUT2D eigenvalue weighted by Crippen LogP contribution is 2.23. The van der Waals surface area contributed by atoms with Gasteiger partial charge in [0.15, 0.2) is 11.6 Å². The van der Waals surface area contributed by atoms with Crippen molar-refractivity contribution in [3.63, 3.8) is 0 Å². The zero-order valence-corrected chi connectivity index (χ0v) is 12.5. The molecular formula is C17H11F2N3O2. The molecule has 0 atom stereocenters. The molecule has 0 bridgehead atoms. The van der Waals surface area contributed by atoms with Gasteiger partial charge in [-0.2, -0.15) is 0 Å². The van der Waals surface area contributed by atoms with E-state index in [9.17, 15) is 13.6 Å². The maximum absolute atomic E-state index is 13.6. The van der Waals surface area contributed by atoms with E-state index in [0.717, 1.165) is 12.1 Å². The molecule has 2 aromatic heterocycles. The molecule has 7 heteroatoms. The number of hydrogen-bond acceptors (Lipinski definition) is 3. The molecule has 0 saturated heterocycles. The number of rotatable bonds is 2. The van der Waals surface area contributed by atoms with Gasteiger partial charge in [0.2, 0.25) is 0 Å². The van der Waals surface area contributed by atoms with E-state index in [1.54, 1.807) is 31.4 Å². The molecule has 0 fully saturated rings. The number of nitrogens with one attached hydrogen (secondary N) is 1. The summed E-state index contributed by atoms with van der Waals surface area (Å²) in [5.41, 5.74) is 0.936. The van der Waals surface area contributed by atoms with Crippen molar-refractivity contribution in [3.05, 3.63) is 64.6 Å². The Labute approximate surface area is 134 Å². The van der Waals surface area contributed by atoms with Crippen molar-refractivity contribution in [1.82, 2.24) is 14.8 Å². The molecule has 0 spiro atoms. The third-order valence-corrected chi connectivity index (χ3v) is 3.90. The van der Waals surface area contributed by atoms with Gasteiger partial charge in [0.05, 0.1) is 29.2 Å². The molecule has 0 aliphatic heterocycles. The van der Waals surface area contributed by atoms with Crippen LogP contribution in [0.2, 0.25) is 0 Å². The zero-order valence-electron chi connectivity index (χ0n) is 12.5. The summed E-state index contributed by atoms with van der Waals surface area (Å²) >= 11 is 0. The Morgan fingerprint density at radius 2 is 1.79 bits per heavy atom. The summed E-state index contributed by atoms with van der Waals surface area (Å²) in [7, 11) is 1.55. The van der Waals surface area contributed by atoms with Crippen LogP contribution in [0.3, 0.4) is 0 Å². The number of pyridine rings is 1. The molecule has 0 radical (unpaired) electrons. The van der Waals surface area contributed by atoms with Gasteiger partial charge in [0, 0.05) is 17.6 Å². The maximum atomic E-state index is 13.6. The number of benzene rings is 2. The molecular weight excluding hydrogens is 316 g/mol. The predicted molar refractivity (Wildman–Crippen MR) is 85.7 cm³/mol. The summed E-state index contributed by atoms with van der Waals surface area (Å²) < 4.78 is 33.4. The minimum Gasteiger partial charge on any atom is -0.497 e. The topological polar surface area (TPSA) is 59.9 Å². The summed E-state index contributed by atoms with van der Waals surface area (Å²) in [4.78, 5) is 16.6. The predicted octanol–water partition coefficient (Wildman–Crippen LogP) is 3.15. The van der Waals surface area contributed by atoms with Crippen LogP contribution in [0, 0.1) is 11.6 Å². The highest BCUT2D eigenvalue weighted by Gasteiger charge is 2.14. The van der Waals surface area contributed by atoms with E-state index in [-0.39, 0.29) is 11.1 Å². The zero-order chi connectivity index (χ0) is 16.8. The molecule has 0 aliphatic carbocycles. The van der Waals surface area contributed by atoms with Gasteiger partial charge in [-0.3, -0.25) is 14.9 Å². The fourth-order valence-electron chi connectivity index (χ4n) is 2.67. The largest absolute Gasteiger partial charge is 0.497 e. The second-order valence-corrected chi connectivity index (χ2v) is 5.28. The molecule has 4 aromatic rings. The molecule has 2 heterocycles. The minimum absolute atomic E-state index is 0.268. The number of fused-ring (bicyclic) bond motifs is 3. The molecule has 0 saturated carbocycles. The van der Waals surface area contributed by atoms with Crippen LogP contribution < -0.4 is 10.3 Å². The lowest BCUT2D eigenvalue weighted by atomic mass is 10.1. The number of nitrogens with zero attached hydrogens (tertiary/aromatic N) is 2. The van der Waals surface area contributed by atoms with Crippen molar-refractivity contribution in [3.8, 4) is 11.4 Å². The summed E-state index contributed by atoms with van der Waals surface area (Å²) in [5, 5.41) is 3.58. The summed E-state index contributed by atoms with van der Waals surface area (Å²) in [5.74, 6) is -1.31. The highest BCUT2D eigenvalue weighted by atomic mass is 19.2. The number of methoxy groups -OCH3 is 1. The summed E-state index contributed by atoms with van der Waals surface area (Å²) in [6, 6.07) is 8.91. The molecule has 24 heavy (non-hydrogen) atoms. The third kappa shape index (κ3) is 2.05. The first-order valence-electron chi connectivity index (χ1n) is 7.11. The summed E-state index contributed by atoms with van der Waals surface area (Å²) in [6.45, 7) is 0. The number of ether oxygens (including phenoxy) is 1. The van der Waals surface area contributed by atoms with Gasteiger partial charge >= 0.3 is 0 Å². The van der Waals surface area contributed by atoms with Crippen molar-refractivity contribution in [1.29, 1.82) is 0 Å². The fraction of sp³-hybridized carbons (Fsp3) is 0.0588. The van der Waals surface area contributed by atoms with Crippen LogP contribution in [0.15, 0.2) is 47.4 Å². The Kier molecular flexibility index (Phi) is 3.09. The average molecular weight is 327 g/mol. The monoisotopic (exact) mass is 327 g/mol. The third-order valence-electron chi connectivity index (χ3n) is 3.90. The highest BCUT2D eigenvalue weighted by molar-refractivity contribution is 6.02. The van der Waals surface area contributed by atoms with Crippen LogP contribution in [0.25, 0.3) is 27.5 Å². The number of halogens is 2. The first-order chi connectivity index (χ1) is 11.6. The van der Waals surface area contributed by atoms with Gasteiger partial charge in [-0.15, -0.1) is 0 Å². The Balaban J connectivity index is 2.01. The van der Waals surface area contributed by atoms with Crippen molar-refractivity contribution < 1.29 is 13.5 Å². The van der Waals surface area contributed by atoms with Crippen molar-refractivity contribution >= 4 is 21.8 Å². The Morgan fingerprint density at radius 1 is 1.08 bits per heavy atom. The SMILES string of the molecule is COc1ccc(-n2[nH]c3c(cnc4cc(F)c(F)cc43)c2=O)cc1. The van der Waals surface area contributed by atoms with Crippen LogP contribution in [-0.2, 0) is 0 Å². The van der Waals surface area contributed by atoms with Crippen molar-refractivity contribution in [2.45, 2.75) is 0 Å². The second-order valence-electron chi connectivity index (χ2n) is 5.28. The Morgan fingerprint density at radius 3 is 2.50 bits per heavy atom. The molecule has 4 rings (SSSR count). The van der Waals surface area contributed by atoms with Gasteiger partial charge in [0.1, 0.15) is 5.75 Å². The van der Waals surface area contributed by atoms with Gasteiger partial charge in [-0.1, -0.05) is 0 Å². The van der Waals surface area contributed by atoms with E-state index in [1.165, 1.54) is 10.9 Å². The molecule has 1 N–H and O–H groups in total. The second kappa shape index (κ2) is 5.16. The number of hydrogen-bond donors (Lipinski definition) is 1. The van der Waals surface area contributed by atoms with Crippen LogP contribution >= 0.6 is 0 Å². The standard InChI is InChI=1S/C17H11F2N3O2/c1-24-10-4-2-9(3-5-10)22-17(23)12-8-20-15-7-14(19)13(18)6-11(15)16(12)21-22/h2-8,21H,1H3. The molecule has 0 amide bonds. The van der Waals surface area contributed by atoms with Gasteiger partial charge in [-0.25, -0.2) is 13.5 Å². The molecule has 5 nitrogen and oxygen atoms in total. The molecule has 0 unspecified atom stereocenters. The van der Waals surface area contributed by atoms with Gasteiger partial charge in [-0.05, 0) is 30.3 Å². The van der Waals surface area contributed by atoms with Crippen LogP contribution in [-0.4, -0.2) is 21.9 Å². The number of aromatic nitrogens is 3. The maximum Gasteiger partial charge on any atom is 0.280 e. The first kappa shape index (κ1) is 14.4. The van der Waals surface area contributed by atoms with E-state index in [0.29, 0.717) is 27.7 Å². The lowest BCUT2D eigenvalue weighted by molar-refractivity contribution is 0.414. The lowest BCUT2D eigenvalue weighted by Gasteiger charge is -2.03. The first-order valence-corrected chi connectivity index (χ1v) is 7.11. The number of H-pyrrole nitrogens is 1. The van der Waals surface area contributed by atoms with Gasteiger partial charge < -0.3 is 4.74 Å². The van der Waals surface area contributed by atoms with E-state index in [4.69, 9.17) is 4.74 Å². The van der Waals surface area contributed by atoms with E-state index in [1.807, 2.05) is 0 Å². The Bertz CT molecular complexity index is 1130. The molecule has 120 valence electrons. The van der Waals surface area contributed by atoms with Crippen LogP contribution in [0.5, 0.6) is 5.75 Å². The minimum atomic E-state index is -0.991. The van der Waals surface area contributed by atoms with E-state index >= 15 is 0 Å². The summed E-state index contributed by atoms with van der Waals surface area (Å²) in [6.07, 6.45) is 1.36. The normalized spacial score (nSPS) is 11.3. The van der Waals surface area contributed by atoms with Crippen molar-refractivity contribution in [2.24, 2.45) is 0 Å². The lowest BCUT2D eigenvalue weighted by Crippen LogP contribution is -2.14. The molecule has 0 aliphatic rings. The quantitative estimate of drug-likeness (QED) is 0.615.